The van der Waals surface area contributed by atoms with Crippen LogP contribution in [0.25, 0.3) is 0 Å². The van der Waals surface area contributed by atoms with E-state index in [1.54, 1.807) is 0 Å². The fourth-order valence-electron chi connectivity index (χ4n) is 3.36. The zero-order valence-electron chi connectivity index (χ0n) is 12.5. The van der Waals surface area contributed by atoms with Crippen LogP contribution in [0, 0.1) is 0 Å². The van der Waals surface area contributed by atoms with Crippen LogP contribution in [0.3, 0.4) is 0 Å². The first-order valence-corrected chi connectivity index (χ1v) is 7.96. The third-order valence-corrected chi connectivity index (χ3v) is 4.68. The summed E-state index contributed by atoms with van der Waals surface area (Å²) in [6.07, 6.45) is 6.63. The summed E-state index contributed by atoms with van der Waals surface area (Å²) in [7, 11) is 2.25. The molecule has 2 aliphatic rings. The van der Waals surface area contributed by atoms with Crippen LogP contribution in [0.1, 0.15) is 31.2 Å². The van der Waals surface area contributed by atoms with Gasteiger partial charge in [-0.3, -0.25) is 4.90 Å². The molecule has 3 rings (SSSR count). The lowest BCUT2D eigenvalue weighted by molar-refractivity contribution is -0.00772. The summed E-state index contributed by atoms with van der Waals surface area (Å²) >= 11 is 0. The Morgan fingerprint density at radius 2 is 2.15 bits per heavy atom. The number of hydrogen-bond acceptors (Lipinski definition) is 3. The molecule has 1 N–H and O–H groups in total. The van der Waals surface area contributed by atoms with Gasteiger partial charge in [-0.15, -0.1) is 0 Å². The first kappa shape index (κ1) is 13.9. The normalized spacial score (nSPS) is 26.7. The van der Waals surface area contributed by atoms with Crippen molar-refractivity contribution in [3.63, 3.8) is 0 Å². The van der Waals surface area contributed by atoms with E-state index in [-0.39, 0.29) is 0 Å². The van der Waals surface area contributed by atoms with Gasteiger partial charge in [0.05, 0.1) is 6.10 Å². The van der Waals surface area contributed by atoms with E-state index in [4.69, 9.17) is 4.74 Å². The van der Waals surface area contributed by atoms with Crippen molar-refractivity contribution in [3.05, 3.63) is 29.8 Å². The lowest BCUT2D eigenvalue weighted by Crippen LogP contribution is -2.42. The minimum Gasteiger partial charge on any atom is -0.383 e. The highest BCUT2D eigenvalue weighted by Gasteiger charge is 2.23. The summed E-state index contributed by atoms with van der Waals surface area (Å²) < 4.78 is 5.87. The van der Waals surface area contributed by atoms with Crippen LogP contribution in [-0.2, 0) is 11.2 Å². The summed E-state index contributed by atoms with van der Waals surface area (Å²) in [5.41, 5.74) is 2.77. The third-order valence-electron chi connectivity index (χ3n) is 4.68. The highest BCUT2D eigenvalue weighted by molar-refractivity contribution is 5.52. The number of ether oxygens (including phenoxy) is 1. The van der Waals surface area contributed by atoms with E-state index in [1.165, 1.54) is 43.4 Å². The van der Waals surface area contributed by atoms with Gasteiger partial charge in [0.1, 0.15) is 0 Å². The van der Waals surface area contributed by atoms with E-state index >= 15 is 0 Å². The van der Waals surface area contributed by atoms with Gasteiger partial charge in [-0.05, 0) is 50.8 Å². The zero-order valence-corrected chi connectivity index (χ0v) is 12.5. The van der Waals surface area contributed by atoms with Crippen molar-refractivity contribution >= 4 is 5.69 Å². The molecule has 0 amide bonds. The topological polar surface area (TPSA) is 24.5 Å². The Kier molecular flexibility index (Phi) is 4.58. The van der Waals surface area contributed by atoms with Crippen molar-refractivity contribution in [2.75, 3.05) is 32.1 Å². The molecule has 20 heavy (non-hydrogen) atoms. The summed E-state index contributed by atoms with van der Waals surface area (Å²) in [6, 6.07) is 9.30. The number of rotatable bonds is 3. The second kappa shape index (κ2) is 6.59. The van der Waals surface area contributed by atoms with E-state index in [2.05, 4.69) is 41.5 Å². The van der Waals surface area contributed by atoms with E-state index < -0.39 is 0 Å². The first-order chi connectivity index (χ1) is 9.83. The van der Waals surface area contributed by atoms with Gasteiger partial charge in [0.25, 0.3) is 0 Å². The monoisotopic (exact) mass is 274 g/mol. The molecule has 110 valence electrons. The maximum Gasteiger partial charge on any atom is 0.0702 e. The predicted molar refractivity (Wildman–Crippen MR) is 83.3 cm³/mol. The molecule has 2 unspecified atom stereocenters. The number of hydrogen-bond donors (Lipinski definition) is 1. The van der Waals surface area contributed by atoms with Crippen LogP contribution in [-0.4, -0.2) is 43.8 Å². The fourth-order valence-corrected chi connectivity index (χ4v) is 3.36. The summed E-state index contributed by atoms with van der Waals surface area (Å²) in [6.45, 7) is 3.07. The Hall–Kier alpha value is -1.06. The molecular formula is C17H26N2O. The second-order valence-electron chi connectivity index (χ2n) is 6.16. The standard InChI is InChI=1S/C17H26N2O/c1-19(13-16-7-4-5-11-20-16)15-10-9-14-6-2-3-8-17(14)18-12-15/h2-3,6,8,15-16,18H,4-5,7,9-13H2,1H3. The smallest absolute Gasteiger partial charge is 0.0702 e. The average Bonchev–Trinajstić information content (AvgIpc) is 2.71. The molecular weight excluding hydrogens is 248 g/mol. The molecule has 0 radical (unpaired) electrons. The Morgan fingerprint density at radius 3 is 3.00 bits per heavy atom. The lowest BCUT2D eigenvalue weighted by atomic mass is 10.0. The summed E-state index contributed by atoms with van der Waals surface area (Å²) in [5.74, 6) is 0. The van der Waals surface area contributed by atoms with Gasteiger partial charge in [0.15, 0.2) is 0 Å². The number of aryl methyl sites for hydroxylation is 1. The number of para-hydroxylation sites is 1. The van der Waals surface area contributed by atoms with Crippen LogP contribution < -0.4 is 5.32 Å². The number of fused-ring (bicyclic) bond motifs is 1. The van der Waals surface area contributed by atoms with Gasteiger partial charge in [0.2, 0.25) is 0 Å². The minimum absolute atomic E-state index is 0.444. The highest BCUT2D eigenvalue weighted by atomic mass is 16.5. The molecule has 3 nitrogen and oxygen atoms in total. The third kappa shape index (κ3) is 3.33. The Bertz CT molecular complexity index is 402. The van der Waals surface area contributed by atoms with Gasteiger partial charge in [-0.1, -0.05) is 18.2 Å². The van der Waals surface area contributed by atoms with Crippen molar-refractivity contribution in [1.29, 1.82) is 0 Å². The van der Waals surface area contributed by atoms with E-state index in [0.717, 1.165) is 19.7 Å². The molecule has 3 heteroatoms. The maximum absolute atomic E-state index is 5.87. The largest absolute Gasteiger partial charge is 0.383 e. The molecule has 0 bridgehead atoms. The molecule has 1 aromatic carbocycles. The van der Waals surface area contributed by atoms with Crippen LogP contribution in [0.2, 0.25) is 0 Å². The first-order valence-electron chi connectivity index (χ1n) is 7.96. The molecule has 0 saturated carbocycles. The number of likely N-dealkylation sites (N-methyl/N-ethyl adjacent to an activating group) is 1. The predicted octanol–water partition coefficient (Wildman–Crippen LogP) is 2.91. The Labute approximate surface area is 122 Å². The molecule has 1 saturated heterocycles. The van der Waals surface area contributed by atoms with Crippen molar-refractivity contribution in [2.45, 2.75) is 44.2 Å². The quantitative estimate of drug-likeness (QED) is 0.917. The Morgan fingerprint density at radius 1 is 1.25 bits per heavy atom. The molecule has 1 aromatic rings. The summed E-state index contributed by atoms with van der Waals surface area (Å²) in [5, 5.41) is 3.61. The van der Waals surface area contributed by atoms with Crippen molar-refractivity contribution < 1.29 is 4.74 Å². The molecule has 0 aliphatic carbocycles. The minimum atomic E-state index is 0.444. The Balaban J connectivity index is 1.55. The lowest BCUT2D eigenvalue weighted by Gasteiger charge is -2.32. The van der Waals surface area contributed by atoms with Gasteiger partial charge in [-0.25, -0.2) is 0 Å². The molecule has 2 heterocycles. The molecule has 2 aliphatic heterocycles. The number of benzene rings is 1. The molecule has 2 atom stereocenters. The van der Waals surface area contributed by atoms with Crippen LogP contribution >= 0.6 is 0 Å². The zero-order chi connectivity index (χ0) is 13.8. The van der Waals surface area contributed by atoms with Crippen molar-refractivity contribution in [1.82, 2.24) is 4.90 Å². The van der Waals surface area contributed by atoms with Gasteiger partial charge >= 0.3 is 0 Å². The van der Waals surface area contributed by atoms with E-state index in [9.17, 15) is 0 Å². The second-order valence-corrected chi connectivity index (χ2v) is 6.16. The molecule has 0 aromatic heterocycles. The van der Waals surface area contributed by atoms with Crippen LogP contribution in [0.15, 0.2) is 24.3 Å². The number of nitrogens with one attached hydrogen (secondary N) is 1. The average molecular weight is 274 g/mol. The SMILES string of the molecule is CN(CC1CCCCO1)C1CCc2ccccc2NC1. The van der Waals surface area contributed by atoms with Gasteiger partial charge in [0, 0.05) is 31.4 Å². The van der Waals surface area contributed by atoms with Crippen molar-refractivity contribution in [2.24, 2.45) is 0 Å². The number of nitrogens with zero attached hydrogens (tertiary/aromatic N) is 1. The molecule has 0 spiro atoms. The van der Waals surface area contributed by atoms with E-state index in [0.29, 0.717) is 12.1 Å². The van der Waals surface area contributed by atoms with Gasteiger partial charge in [-0.2, -0.15) is 0 Å². The van der Waals surface area contributed by atoms with Gasteiger partial charge < -0.3 is 10.1 Å². The van der Waals surface area contributed by atoms with Crippen LogP contribution in [0.5, 0.6) is 0 Å². The molecule has 1 fully saturated rings. The van der Waals surface area contributed by atoms with Crippen molar-refractivity contribution in [3.8, 4) is 0 Å². The highest BCUT2D eigenvalue weighted by Crippen LogP contribution is 2.23. The summed E-state index contributed by atoms with van der Waals surface area (Å²) in [4.78, 5) is 2.49. The van der Waals surface area contributed by atoms with Crippen LogP contribution in [0.4, 0.5) is 5.69 Å². The van der Waals surface area contributed by atoms with E-state index in [1.807, 2.05) is 0 Å². The number of anilines is 1. The fraction of sp³-hybridized carbons (Fsp3) is 0.647. The maximum atomic E-state index is 5.87.